The highest BCUT2D eigenvalue weighted by Crippen LogP contribution is 2.25. The third-order valence-corrected chi connectivity index (χ3v) is 3.57. The van der Waals surface area contributed by atoms with Gasteiger partial charge in [0, 0.05) is 11.6 Å². The van der Waals surface area contributed by atoms with E-state index in [-0.39, 0.29) is 17.7 Å². The molecule has 2 rings (SSSR count). The number of benzene rings is 1. The minimum atomic E-state index is -0.115. The van der Waals surface area contributed by atoms with Crippen LogP contribution in [0.5, 0.6) is 5.75 Å². The van der Waals surface area contributed by atoms with Crippen molar-refractivity contribution in [3.8, 4) is 5.75 Å². The summed E-state index contributed by atoms with van der Waals surface area (Å²) in [5.74, 6) is -0.0249. The van der Waals surface area contributed by atoms with Crippen LogP contribution >= 0.6 is 12.2 Å². The number of nitrogens with zero attached hydrogens (tertiary/aromatic N) is 1. The van der Waals surface area contributed by atoms with E-state index in [9.17, 15) is 9.90 Å². The molecule has 0 aromatic heterocycles. The first-order valence-electron chi connectivity index (χ1n) is 6.46. The van der Waals surface area contributed by atoms with E-state index in [1.54, 1.807) is 23.1 Å². The molecule has 1 aliphatic carbocycles. The summed E-state index contributed by atoms with van der Waals surface area (Å²) in [7, 11) is 0. The molecule has 1 aliphatic rings. The van der Waals surface area contributed by atoms with Crippen molar-refractivity contribution in [3.63, 3.8) is 0 Å². The summed E-state index contributed by atoms with van der Waals surface area (Å²) < 4.78 is 0. The SMILES string of the molecule is NC(=S)CN(C(=O)c1cccc(O)c1)C1CCCC1. The Hall–Kier alpha value is -1.62. The van der Waals surface area contributed by atoms with Crippen molar-refractivity contribution in [2.45, 2.75) is 31.7 Å². The van der Waals surface area contributed by atoms with Crippen molar-refractivity contribution >= 4 is 23.1 Å². The van der Waals surface area contributed by atoms with Gasteiger partial charge < -0.3 is 15.7 Å². The number of aromatic hydroxyl groups is 1. The molecule has 1 fully saturated rings. The zero-order valence-corrected chi connectivity index (χ0v) is 11.5. The Balaban J connectivity index is 2.21. The fraction of sp³-hybridized carbons (Fsp3) is 0.429. The first-order valence-corrected chi connectivity index (χ1v) is 6.87. The topological polar surface area (TPSA) is 66.6 Å². The zero-order chi connectivity index (χ0) is 13.8. The van der Waals surface area contributed by atoms with Crippen molar-refractivity contribution in [2.75, 3.05) is 6.54 Å². The Morgan fingerprint density at radius 2 is 2.11 bits per heavy atom. The number of nitrogens with two attached hydrogens (primary N) is 1. The van der Waals surface area contributed by atoms with Gasteiger partial charge in [-0.1, -0.05) is 31.1 Å². The number of hydrogen-bond acceptors (Lipinski definition) is 3. The van der Waals surface area contributed by atoms with Crippen LogP contribution in [0.3, 0.4) is 0 Å². The highest BCUT2D eigenvalue weighted by molar-refractivity contribution is 7.80. The molecule has 0 spiro atoms. The van der Waals surface area contributed by atoms with Gasteiger partial charge in [0.25, 0.3) is 5.91 Å². The lowest BCUT2D eigenvalue weighted by Gasteiger charge is -2.28. The van der Waals surface area contributed by atoms with Crippen LogP contribution in [-0.4, -0.2) is 33.5 Å². The van der Waals surface area contributed by atoms with E-state index in [1.807, 2.05) is 0 Å². The standard InChI is InChI=1S/C14H18N2O2S/c15-13(19)9-16(11-5-1-2-6-11)14(18)10-4-3-7-12(17)8-10/h3-4,7-8,11,17H,1-2,5-6,9H2,(H2,15,19). The van der Waals surface area contributed by atoms with Crippen LogP contribution < -0.4 is 5.73 Å². The van der Waals surface area contributed by atoms with Crippen LogP contribution in [0.25, 0.3) is 0 Å². The summed E-state index contributed by atoms with van der Waals surface area (Å²) in [4.78, 5) is 14.6. The molecule has 3 N–H and O–H groups in total. The molecule has 1 amide bonds. The Morgan fingerprint density at radius 3 is 2.68 bits per heavy atom. The van der Waals surface area contributed by atoms with Gasteiger partial charge in [-0.25, -0.2) is 0 Å². The maximum Gasteiger partial charge on any atom is 0.254 e. The van der Waals surface area contributed by atoms with Gasteiger partial charge in [-0.15, -0.1) is 0 Å². The molecule has 1 aromatic rings. The highest BCUT2D eigenvalue weighted by atomic mass is 32.1. The van der Waals surface area contributed by atoms with E-state index >= 15 is 0 Å². The molecule has 0 atom stereocenters. The lowest BCUT2D eigenvalue weighted by Crippen LogP contribution is -2.43. The number of rotatable bonds is 4. The molecular weight excluding hydrogens is 260 g/mol. The van der Waals surface area contributed by atoms with Crippen molar-refractivity contribution in [3.05, 3.63) is 29.8 Å². The normalized spacial score (nSPS) is 15.4. The monoisotopic (exact) mass is 278 g/mol. The van der Waals surface area contributed by atoms with E-state index in [0.717, 1.165) is 25.7 Å². The second-order valence-corrected chi connectivity index (χ2v) is 5.41. The van der Waals surface area contributed by atoms with Gasteiger partial charge in [-0.2, -0.15) is 0 Å². The molecule has 0 bridgehead atoms. The minimum Gasteiger partial charge on any atom is -0.508 e. The number of phenols is 1. The van der Waals surface area contributed by atoms with Gasteiger partial charge in [0.2, 0.25) is 0 Å². The first kappa shape index (κ1) is 13.8. The molecule has 0 aliphatic heterocycles. The van der Waals surface area contributed by atoms with Gasteiger partial charge in [0.05, 0.1) is 11.5 Å². The second kappa shape index (κ2) is 6.02. The van der Waals surface area contributed by atoms with Gasteiger partial charge in [0.1, 0.15) is 5.75 Å². The molecule has 0 heterocycles. The van der Waals surface area contributed by atoms with Crippen molar-refractivity contribution in [2.24, 2.45) is 5.73 Å². The first-order chi connectivity index (χ1) is 9.08. The van der Waals surface area contributed by atoms with Crippen molar-refractivity contribution in [1.29, 1.82) is 0 Å². The van der Waals surface area contributed by atoms with Gasteiger partial charge in [0.15, 0.2) is 0 Å². The van der Waals surface area contributed by atoms with E-state index in [4.69, 9.17) is 18.0 Å². The Morgan fingerprint density at radius 1 is 1.42 bits per heavy atom. The van der Waals surface area contributed by atoms with Crippen LogP contribution in [0.2, 0.25) is 0 Å². The van der Waals surface area contributed by atoms with E-state index in [0.29, 0.717) is 17.1 Å². The summed E-state index contributed by atoms with van der Waals surface area (Å²) >= 11 is 4.94. The summed E-state index contributed by atoms with van der Waals surface area (Å²) in [6.07, 6.45) is 4.25. The molecular formula is C14H18N2O2S. The summed E-state index contributed by atoms with van der Waals surface area (Å²) in [6.45, 7) is 0.300. The molecule has 0 saturated heterocycles. The molecule has 102 valence electrons. The predicted octanol–water partition coefficient (Wildman–Crippen LogP) is 2.06. The Labute approximate surface area is 118 Å². The summed E-state index contributed by atoms with van der Waals surface area (Å²) in [6, 6.07) is 6.59. The predicted molar refractivity (Wildman–Crippen MR) is 78.2 cm³/mol. The molecule has 4 nitrogen and oxygen atoms in total. The van der Waals surface area contributed by atoms with Gasteiger partial charge >= 0.3 is 0 Å². The van der Waals surface area contributed by atoms with E-state index in [1.165, 1.54) is 6.07 Å². The average molecular weight is 278 g/mol. The summed E-state index contributed by atoms with van der Waals surface area (Å²) in [5.41, 5.74) is 6.07. The maximum atomic E-state index is 12.5. The maximum absolute atomic E-state index is 12.5. The van der Waals surface area contributed by atoms with Crippen LogP contribution in [0.1, 0.15) is 36.0 Å². The number of hydrogen-bond donors (Lipinski definition) is 2. The van der Waals surface area contributed by atoms with Gasteiger partial charge in [-0.05, 0) is 31.0 Å². The zero-order valence-electron chi connectivity index (χ0n) is 10.7. The largest absolute Gasteiger partial charge is 0.508 e. The smallest absolute Gasteiger partial charge is 0.254 e. The average Bonchev–Trinajstić information content (AvgIpc) is 2.88. The number of carbonyl (C=O) groups is 1. The molecule has 0 radical (unpaired) electrons. The van der Waals surface area contributed by atoms with Gasteiger partial charge in [-0.3, -0.25) is 4.79 Å². The van der Waals surface area contributed by atoms with E-state index < -0.39 is 0 Å². The van der Waals surface area contributed by atoms with Crippen LogP contribution in [-0.2, 0) is 0 Å². The molecule has 0 unspecified atom stereocenters. The van der Waals surface area contributed by atoms with Crippen LogP contribution in [0.4, 0.5) is 0 Å². The third kappa shape index (κ3) is 3.44. The second-order valence-electron chi connectivity index (χ2n) is 4.89. The fourth-order valence-corrected chi connectivity index (χ4v) is 2.69. The number of thiocarbonyl (C=S) groups is 1. The Bertz CT molecular complexity index is 484. The van der Waals surface area contributed by atoms with Crippen LogP contribution in [0, 0.1) is 0 Å². The number of phenolic OH excluding ortho intramolecular Hbond substituents is 1. The molecule has 1 aromatic carbocycles. The van der Waals surface area contributed by atoms with Crippen molar-refractivity contribution in [1.82, 2.24) is 4.90 Å². The lowest BCUT2D eigenvalue weighted by atomic mass is 10.1. The molecule has 1 saturated carbocycles. The third-order valence-electron chi connectivity index (χ3n) is 3.45. The summed E-state index contributed by atoms with van der Waals surface area (Å²) in [5, 5.41) is 9.47. The number of amides is 1. The van der Waals surface area contributed by atoms with Crippen molar-refractivity contribution < 1.29 is 9.90 Å². The van der Waals surface area contributed by atoms with E-state index in [2.05, 4.69) is 0 Å². The van der Waals surface area contributed by atoms with Crippen LogP contribution in [0.15, 0.2) is 24.3 Å². The quantitative estimate of drug-likeness (QED) is 0.827. The number of carbonyl (C=O) groups excluding carboxylic acids is 1. The molecule has 5 heteroatoms. The highest BCUT2D eigenvalue weighted by Gasteiger charge is 2.27. The Kier molecular flexibility index (Phi) is 4.37. The molecule has 19 heavy (non-hydrogen) atoms. The fourth-order valence-electron chi connectivity index (χ4n) is 2.56. The minimum absolute atomic E-state index is 0.0903. The lowest BCUT2D eigenvalue weighted by molar-refractivity contribution is 0.0714.